The molecule has 0 saturated carbocycles. The van der Waals surface area contributed by atoms with Crippen LogP contribution in [0.4, 0.5) is 0 Å². The normalized spacial score (nSPS) is 27.9. The molecule has 1 N–H and O–H groups in total. The highest BCUT2D eigenvalue weighted by Gasteiger charge is 2.38. The summed E-state index contributed by atoms with van der Waals surface area (Å²) in [6, 6.07) is 0.0344. The van der Waals surface area contributed by atoms with Crippen molar-refractivity contribution < 1.29 is 4.79 Å². The molecule has 16 heavy (non-hydrogen) atoms. The summed E-state index contributed by atoms with van der Waals surface area (Å²) < 4.78 is 0. The van der Waals surface area contributed by atoms with E-state index >= 15 is 0 Å². The molecular weight excluding hydrogens is 200 g/mol. The topological polar surface area (TPSA) is 32.3 Å². The van der Waals surface area contributed by atoms with Gasteiger partial charge in [-0.1, -0.05) is 34.1 Å². The average Bonchev–Trinajstić information content (AvgIpc) is 2.51. The highest BCUT2D eigenvalue weighted by Crippen LogP contribution is 2.20. The second-order valence-corrected chi connectivity index (χ2v) is 5.42. The van der Waals surface area contributed by atoms with Gasteiger partial charge < -0.3 is 4.90 Å². The highest BCUT2D eigenvalue weighted by molar-refractivity contribution is 5.84. The molecule has 3 unspecified atom stereocenters. The van der Waals surface area contributed by atoms with Crippen molar-refractivity contribution in [3.05, 3.63) is 0 Å². The third kappa shape index (κ3) is 2.97. The molecule has 1 aliphatic heterocycles. The Bertz CT molecular complexity index is 240. The van der Waals surface area contributed by atoms with Crippen molar-refractivity contribution in [2.75, 3.05) is 6.54 Å². The number of nitrogens with zero attached hydrogens (tertiary/aromatic N) is 1. The van der Waals surface area contributed by atoms with E-state index in [0.29, 0.717) is 17.7 Å². The minimum absolute atomic E-state index is 0.0344. The maximum Gasteiger partial charge on any atom is 0.241 e. The molecule has 0 aliphatic carbocycles. The van der Waals surface area contributed by atoms with Crippen molar-refractivity contribution >= 4 is 5.91 Å². The summed E-state index contributed by atoms with van der Waals surface area (Å²) in [6.07, 6.45) is 2.34. The minimum Gasteiger partial charge on any atom is -0.326 e. The van der Waals surface area contributed by atoms with Gasteiger partial charge in [0, 0.05) is 6.54 Å². The van der Waals surface area contributed by atoms with E-state index in [1.807, 2.05) is 4.90 Å². The molecule has 1 amide bonds. The zero-order valence-corrected chi connectivity index (χ0v) is 11.3. The fourth-order valence-corrected chi connectivity index (χ4v) is 2.14. The lowest BCUT2D eigenvalue weighted by Gasteiger charge is -2.21. The van der Waals surface area contributed by atoms with Crippen molar-refractivity contribution in [1.82, 2.24) is 10.2 Å². The fraction of sp³-hybridized carbons (Fsp3) is 0.923. The second kappa shape index (κ2) is 5.67. The Morgan fingerprint density at radius 3 is 2.50 bits per heavy atom. The predicted molar refractivity (Wildman–Crippen MR) is 67.0 cm³/mol. The average molecular weight is 226 g/mol. The van der Waals surface area contributed by atoms with Crippen LogP contribution in [0, 0.1) is 11.8 Å². The Balaban J connectivity index is 2.57. The summed E-state index contributed by atoms with van der Waals surface area (Å²) in [4.78, 5) is 14.2. The summed E-state index contributed by atoms with van der Waals surface area (Å²) in [5, 5.41) is 3.40. The Morgan fingerprint density at radius 2 is 2.00 bits per heavy atom. The molecule has 0 radical (unpaired) electrons. The van der Waals surface area contributed by atoms with Crippen molar-refractivity contribution in [1.29, 1.82) is 0 Å². The first kappa shape index (κ1) is 13.5. The lowest BCUT2D eigenvalue weighted by Crippen LogP contribution is -2.36. The lowest BCUT2D eigenvalue weighted by atomic mass is 9.99. The molecule has 1 saturated heterocycles. The third-order valence-corrected chi connectivity index (χ3v) is 3.60. The first-order valence-corrected chi connectivity index (χ1v) is 6.53. The van der Waals surface area contributed by atoms with Crippen molar-refractivity contribution in [2.24, 2.45) is 11.8 Å². The SMILES string of the molecule is CCC(C)C1NC(C)N(CCC(C)C)C1=O. The first-order chi connectivity index (χ1) is 7.47. The van der Waals surface area contributed by atoms with E-state index in [-0.39, 0.29) is 12.2 Å². The zero-order valence-electron chi connectivity index (χ0n) is 11.3. The molecule has 1 fully saturated rings. The largest absolute Gasteiger partial charge is 0.326 e. The molecule has 3 heteroatoms. The van der Waals surface area contributed by atoms with Gasteiger partial charge in [0.05, 0.1) is 12.2 Å². The van der Waals surface area contributed by atoms with Gasteiger partial charge in [-0.05, 0) is 25.2 Å². The van der Waals surface area contributed by atoms with E-state index in [2.05, 4.69) is 39.9 Å². The monoisotopic (exact) mass is 226 g/mol. The smallest absolute Gasteiger partial charge is 0.241 e. The number of carbonyl (C=O) groups excluding carboxylic acids is 1. The lowest BCUT2D eigenvalue weighted by molar-refractivity contribution is -0.130. The van der Waals surface area contributed by atoms with Crippen molar-refractivity contribution in [2.45, 2.75) is 59.7 Å². The van der Waals surface area contributed by atoms with Crippen LogP contribution in [0.3, 0.4) is 0 Å². The molecule has 0 bridgehead atoms. The van der Waals surface area contributed by atoms with Gasteiger partial charge in [0.2, 0.25) is 5.91 Å². The van der Waals surface area contributed by atoms with Gasteiger partial charge in [-0.2, -0.15) is 0 Å². The van der Waals surface area contributed by atoms with Crippen LogP contribution in [0.5, 0.6) is 0 Å². The molecule has 3 atom stereocenters. The molecule has 3 nitrogen and oxygen atoms in total. The molecule has 94 valence electrons. The fourth-order valence-electron chi connectivity index (χ4n) is 2.14. The summed E-state index contributed by atoms with van der Waals surface area (Å²) >= 11 is 0. The Hall–Kier alpha value is -0.570. The molecular formula is C13H26N2O. The van der Waals surface area contributed by atoms with Crippen LogP contribution in [0.1, 0.15) is 47.5 Å². The standard InChI is InChI=1S/C13H26N2O/c1-6-10(4)12-13(16)15(11(5)14-12)8-7-9(2)3/h9-12,14H,6-8H2,1-5H3. The Morgan fingerprint density at radius 1 is 1.38 bits per heavy atom. The summed E-state index contributed by atoms with van der Waals surface area (Å²) in [5.41, 5.74) is 0. The molecule has 0 aromatic carbocycles. The van der Waals surface area contributed by atoms with Crippen LogP contribution in [-0.4, -0.2) is 29.6 Å². The van der Waals surface area contributed by atoms with Crippen LogP contribution >= 0.6 is 0 Å². The number of amides is 1. The van der Waals surface area contributed by atoms with Crippen LogP contribution < -0.4 is 5.32 Å². The summed E-state index contributed by atoms with van der Waals surface area (Å²) in [5.74, 6) is 1.38. The van der Waals surface area contributed by atoms with Gasteiger partial charge in [-0.25, -0.2) is 0 Å². The predicted octanol–water partition coefficient (Wildman–Crippen LogP) is 2.23. The van der Waals surface area contributed by atoms with Crippen LogP contribution in [0.25, 0.3) is 0 Å². The highest BCUT2D eigenvalue weighted by atomic mass is 16.2. The van der Waals surface area contributed by atoms with E-state index in [1.54, 1.807) is 0 Å². The number of hydrogen-bond donors (Lipinski definition) is 1. The van der Waals surface area contributed by atoms with E-state index < -0.39 is 0 Å². The maximum absolute atomic E-state index is 12.2. The Labute approximate surface area is 99.6 Å². The summed E-state index contributed by atoms with van der Waals surface area (Å²) in [6.45, 7) is 11.7. The molecule has 0 aromatic rings. The quantitative estimate of drug-likeness (QED) is 0.779. The van der Waals surface area contributed by atoms with Crippen molar-refractivity contribution in [3.8, 4) is 0 Å². The van der Waals surface area contributed by atoms with Crippen LogP contribution in [0.15, 0.2) is 0 Å². The van der Waals surface area contributed by atoms with Gasteiger partial charge in [-0.3, -0.25) is 10.1 Å². The van der Waals surface area contributed by atoms with Gasteiger partial charge in [0.15, 0.2) is 0 Å². The summed E-state index contributed by atoms with van der Waals surface area (Å²) in [7, 11) is 0. The van der Waals surface area contributed by atoms with Crippen LogP contribution in [0.2, 0.25) is 0 Å². The van der Waals surface area contributed by atoms with E-state index in [4.69, 9.17) is 0 Å². The van der Waals surface area contributed by atoms with Gasteiger partial charge in [0.25, 0.3) is 0 Å². The number of hydrogen-bond acceptors (Lipinski definition) is 2. The maximum atomic E-state index is 12.2. The zero-order chi connectivity index (χ0) is 12.3. The van der Waals surface area contributed by atoms with E-state index in [1.165, 1.54) is 0 Å². The Kier molecular flexibility index (Phi) is 4.78. The van der Waals surface area contributed by atoms with Gasteiger partial charge in [-0.15, -0.1) is 0 Å². The van der Waals surface area contributed by atoms with E-state index in [9.17, 15) is 4.79 Å². The minimum atomic E-state index is 0.0344. The number of rotatable bonds is 5. The first-order valence-electron chi connectivity index (χ1n) is 6.53. The molecule has 0 spiro atoms. The molecule has 0 aromatic heterocycles. The molecule has 1 heterocycles. The van der Waals surface area contributed by atoms with Gasteiger partial charge in [0.1, 0.15) is 0 Å². The van der Waals surface area contributed by atoms with Crippen molar-refractivity contribution in [3.63, 3.8) is 0 Å². The van der Waals surface area contributed by atoms with E-state index in [0.717, 1.165) is 19.4 Å². The second-order valence-electron chi connectivity index (χ2n) is 5.42. The molecule has 1 rings (SSSR count). The number of nitrogens with one attached hydrogen (secondary N) is 1. The van der Waals surface area contributed by atoms with Gasteiger partial charge >= 0.3 is 0 Å². The number of carbonyl (C=O) groups is 1. The molecule has 1 aliphatic rings. The van der Waals surface area contributed by atoms with Crippen LogP contribution in [-0.2, 0) is 4.79 Å². The third-order valence-electron chi connectivity index (χ3n) is 3.60.